The fraction of sp³-hybridized carbons (Fsp3) is 0.818. The zero-order chi connectivity index (χ0) is 9.94. The number of thiol groups is 1. The third-order valence-corrected chi connectivity index (χ3v) is 3.15. The summed E-state index contributed by atoms with van der Waals surface area (Å²) >= 11 is 4.41. The number of hydrogen-bond donors (Lipinski definition) is 1. The second kappa shape index (κ2) is 4.36. The lowest BCUT2D eigenvalue weighted by molar-refractivity contribution is 0.331. The maximum absolute atomic E-state index is 4.41. The van der Waals surface area contributed by atoms with Crippen molar-refractivity contribution in [2.45, 2.75) is 46.8 Å². The Kier molecular flexibility index (Phi) is 4.39. The molecule has 0 heterocycles. The highest BCUT2D eigenvalue weighted by Crippen LogP contribution is 2.30. The molecular weight excluding hydrogens is 164 g/mol. The Morgan fingerprint density at radius 1 is 1.25 bits per heavy atom. The van der Waals surface area contributed by atoms with Crippen molar-refractivity contribution < 1.29 is 0 Å². The molecule has 1 atom stereocenters. The van der Waals surface area contributed by atoms with Gasteiger partial charge in [0, 0.05) is 5.25 Å². The Hall–Kier alpha value is 0.0900. The number of hydrogen-bond acceptors (Lipinski definition) is 1. The van der Waals surface area contributed by atoms with Gasteiger partial charge in [0.05, 0.1) is 0 Å². The molecule has 72 valence electrons. The molecular formula is C11H22S. The molecule has 0 bridgehead atoms. The standard InChI is InChI=1S/C11H22S/c1-8(2)11(5,6)7-9(3)10(4)12/h7-8,10,12H,1-6H3/b9-7+. The van der Waals surface area contributed by atoms with Crippen LogP contribution in [0.15, 0.2) is 11.6 Å². The predicted octanol–water partition coefficient (Wildman–Crippen LogP) is 3.93. The molecule has 0 saturated heterocycles. The Morgan fingerprint density at radius 2 is 1.67 bits per heavy atom. The molecule has 0 aliphatic heterocycles. The summed E-state index contributed by atoms with van der Waals surface area (Å²) in [7, 11) is 0. The maximum atomic E-state index is 4.41. The summed E-state index contributed by atoms with van der Waals surface area (Å²) < 4.78 is 0. The fourth-order valence-corrected chi connectivity index (χ4v) is 0.949. The van der Waals surface area contributed by atoms with Crippen LogP contribution in [0.3, 0.4) is 0 Å². The molecule has 0 N–H and O–H groups in total. The van der Waals surface area contributed by atoms with Crippen molar-refractivity contribution in [2.24, 2.45) is 11.3 Å². The summed E-state index contributed by atoms with van der Waals surface area (Å²) in [6.45, 7) is 13.3. The minimum atomic E-state index is 0.293. The highest BCUT2D eigenvalue weighted by Gasteiger charge is 2.19. The van der Waals surface area contributed by atoms with E-state index < -0.39 is 0 Å². The Morgan fingerprint density at radius 3 is 1.92 bits per heavy atom. The van der Waals surface area contributed by atoms with Gasteiger partial charge in [0.15, 0.2) is 0 Å². The van der Waals surface area contributed by atoms with Crippen LogP contribution >= 0.6 is 12.6 Å². The lowest BCUT2D eigenvalue weighted by Crippen LogP contribution is -2.17. The van der Waals surface area contributed by atoms with Gasteiger partial charge >= 0.3 is 0 Å². The van der Waals surface area contributed by atoms with E-state index in [0.717, 1.165) is 0 Å². The predicted molar refractivity (Wildman–Crippen MR) is 60.8 cm³/mol. The van der Waals surface area contributed by atoms with E-state index in [1.807, 2.05) is 0 Å². The summed E-state index contributed by atoms with van der Waals surface area (Å²) in [5.74, 6) is 0.680. The lowest BCUT2D eigenvalue weighted by Gasteiger charge is -2.27. The van der Waals surface area contributed by atoms with Gasteiger partial charge in [-0.1, -0.05) is 39.3 Å². The van der Waals surface area contributed by atoms with Crippen LogP contribution in [0.1, 0.15) is 41.5 Å². The molecule has 0 aromatic heterocycles. The van der Waals surface area contributed by atoms with Crippen molar-refractivity contribution in [3.63, 3.8) is 0 Å². The van der Waals surface area contributed by atoms with Gasteiger partial charge < -0.3 is 0 Å². The van der Waals surface area contributed by atoms with Gasteiger partial charge in [-0.15, -0.1) is 0 Å². The minimum Gasteiger partial charge on any atom is -0.172 e. The molecule has 0 fully saturated rings. The molecule has 1 heteroatoms. The summed E-state index contributed by atoms with van der Waals surface area (Å²) in [5.41, 5.74) is 1.66. The van der Waals surface area contributed by atoms with Crippen LogP contribution in [0.5, 0.6) is 0 Å². The van der Waals surface area contributed by atoms with Gasteiger partial charge in [-0.25, -0.2) is 0 Å². The molecule has 0 aromatic rings. The van der Waals surface area contributed by atoms with E-state index in [0.29, 0.717) is 16.6 Å². The molecule has 0 rings (SSSR count). The van der Waals surface area contributed by atoms with Crippen molar-refractivity contribution >= 4 is 12.6 Å². The smallest absolute Gasteiger partial charge is 0.0195 e. The Balaban J connectivity index is 4.50. The van der Waals surface area contributed by atoms with Crippen molar-refractivity contribution in [3.05, 3.63) is 11.6 Å². The van der Waals surface area contributed by atoms with Crippen molar-refractivity contribution in [3.8, 4) is 0 Å². The first-order chi connectivity index (χ1) is 5.27. The third-order valence-electron chi connectivity index (χ3n) is 2.75. The topological polar surface area (TPSA) is 0 Å². The van der Waals surface area contributed by atoms with E-state index in [1.165, 1.54) is 5.57 Å². The SMILES string of the molecule is C/C(=C\C(C)(C)C(C)C)C(C)S. The quantitative estimate of drug-likeness (QED) is 0.501. The summed E-state index contributed by atoms with van der Waals surface area (Å²) in [6.07, 6.45) is 2.34. The zero-order valence-electron chi connectivity index (χ0n) is 9.18. The molecule has 0 aliphatic rings. The molecule has 0 amide bonds. The van der Waals surface area contributed by atoms with Gasteiger partial charge in [0.1, 0.15) is 0 Å². The van der Waals surface area contributed by atoms with E-state index in [9.17, 15) is 0 Å². The monoisotopic (exact) mass is 186 g/mol. The molecule has 0 aromatic carbocycles. The number of rotatable bonds is 3. The Labute approximate surface area is 82.9 Å². The minimum absolute atomic E-state index is 0.293. The van der Waals surface area contributed by atoms with Gasteiger partial charge in [0.25, 0.3) is 0 Å². The first-order valence-electron chi connectivity index (χ1n) is 4.64. The summed E-state index contributed by atoms with van der Waals surface area (Å²) in [6, 6.07) is 0. The van der Waals surface area contributed by atoms with Crippen LogP contribution in [-0.2, 0) is 0 Å². The van der Waals surface area contributed by atoms with E-state index in [1.54, 1.807) is 0 Å². The van der Waals surface area contributed by atoms with Crippen molar-refractivity contribution in [1.82, 2.24) is 0 Å². The van der Waals surface area contributed by atoms with Gasteiger partial charge in [0.2, 0.25) is 0 Å². The van der Waals surface area contributed by atoms with E-state index in [4.69, 9.17) is 0 Å². The normalized spacial score (nSPS) is 16.8. The second-order valence-corrected chi connectivity index (χ2v) is 5.31. The van der Waals surface area contributed by atoms with Crippen LogP contribution in [0.25, 0.3) is 0 Å². The van der Waals surface area contributed by atoms with E-state index >= 15 is 0 Å². The van der Waals surface area contributed by atoms with Crippen molar-refractivity contribution in [2.75, 3.05) is 0 Å². The first kappa shape index (κ1) is 12.1. The average Bonchev–Trinajstić information content (AvgIpc) is 1.85. The van der Waals surface area contributed by atoms with Crippen molar-refractivity contribution in [1.29, 1.82) is 0 Å². The zero-order valence-corrected chi connectivity index (χ0v) is 10.1. The molecule has 0 aliphatic carbocycles. The summed E-state index contributed by atoms with van der Waals surface area (Å²) in [4.78, 5) is 0. The van der Waals surface area contributed by atoms with E-state index in [2.05, 4.69) is 60.2 Å². The largest absolute Gasteiger partial charge is 0.172 e. The highest BCUT2D eigenvalue weighted by molar-refractivity contribution is 7.81. The second-order valence-electron chi connectivity index (χ2n) is 4.54. The molecule has 1 unspecified atom stereocenters. The van der Waals surface area contributed by atoms with Crippen LogP contribution in [-0.4, -0.2) is 5.25 Å². The average molecular weight is 186 g/mol. The molecule has 0 nitrogen and oxygen atoms in total. The van der Waals surface area contributed by atoms with Crippen LogP contribution in [0.4, 0.5) is 0 Å². The number of allylic oxidation sites excluding steroid dienone is 1. The van der Waals surface area contributed by atoms with Gasteiger partial charge in [-0.05, 0) is 25.2 Å². The van der Waals surface area contributed by atoms with Crippen LogP contribution < -0.4 is 0 Å². The maximum Gasteiger partial charge on any atom is 0.0195 e. The third kappa shape index (κ3) is 3.66. The molecule has 0 radical (unpaired) electrons. The molecule has 0 saturated carbocycles. The first-order valence-corrected chi connectivity index (χ1v) is 5.16. The molecule has 12 heavy (non-hydrogen) atoms. The molecule has 0 spiro atoms. The van der Waals surface area contributed by atoms with Gasteiger partial charge in [-0.2, -0.15) is 12.6 Å². The van der Waals surface area contributed by atoms with Crippen LogP contribution in [0, 0.1) is 11.3 Å². The van der Waals surface area contributed by atoms with E-state index in [-0.39, 0.29) is 0 Å². The summed E-state index contributed by atoms with van der Waals surface area (Å²) in [5, 5.41) is 0.378. The Bertz CT molecular complexity index is 164. The fourth-order valence-electron chi connectivity index (χ4n) is 0.874. The lowest BCUT2D eigenvalue weighted by atomic mass is 9.79. The van der Waals surface area contributed by atoms with Crippen LogP contribution in [0.2, 0.25) is 0 Å². The highest BCUT2D eigenvalue weighted by atomic mass is 32.1. The van der Waals surface area contributed by atoms with Gasteiger partial charge in [-0.3, -0.25) is 0 Å².